The average molecular weight is 729 g/mol. The van der Waals surface area contributed by atoms with E-state index in [2.05, 4.69) is 185 Å². The van der Waals surface area contributed by atoms with Gasteiger partial charge < -0.3 is 0 Å². The summed E-state index contributed by atoms with van der Waals surface area (Å²) in [5.41, 5.74) is 16.9. The number of aromatic nitrogens is 2. The van der Waals surface area contributed by atoms with Gasteiger partial charge in [-0.1, -0.05) is 147 Å². The Kier molecular flexibility index (Phi) is 7.37. The molecule has 11 rings (SSSR count). The van der Waals surface area contributed by atoms with E-state index < -0.39 is 0 Å². The van der Waals surface area contributed by atoms with Gasteiger partial charge in [0.2, 0.25) is 0 Å². The number of benzene rings is 8. The Morgan fingerprint density at radius 2 is 0.667 bits per heavy atom. The number of pyridine rings is 2. The minimum atomic E-state index is -0.217. The van der Waals surface area contributed by atoms with Gasteiger partial charge in [0.25, 0.3) is 0 Å². The highest BCUT2D eigenvalue weighted by Crippen LogP contribution is 2.53. The molecular weight excluding hydrogens is 689 g/mol. The van der Waals surface area contributed by atoms with Crippen LogP contribution in [0.4, 0.5) is 0 Å². The number of rotatable bonds is 4. The molecule has 1 aliphatic rings. The van der Waals surface area contributed by atoms with Crippen molar-refractivity contribution in [1.82, 2.24) is 9.97 Å². The lowest BCUT2D eigenvalue weighted by atomic mass is 9.79. The summed E-state index contributed by atoms with van der Waals surface area (Å²) in [6, 6.07) is 58.4. The highest BCUT2D eigenvalue weighted by Gasteiger charge is 2.36. The maximum atomic E-state index is 4.92. The first kappa shape index (κ1) is 33.4. The molecule has 0 N–H and O–H groups in total. The van der Waals surface area contributed by atoms with Crippen molar-refractivity contribution in [3.8, 4) is 55.9 Å². The van der Waals surface area contributed by atoms with E-state index in [1.54, 1.807) is 0 Å². The molecule has 2 heteroatoms. The van der Waals surface area contributed by atoms with Crippen LogP contribution in [-0.4, -0.2) is 9.97 Å². The van der Waals surface area contributed by atoms with Gasteiger partial charge in [-0.3, -0.25) is 9.97 Å². The zero-order valence-electron chi connectivity index (χ0n) is 32.6. The molecule has 0 aliphatic heterocycles. The van der Waals surface area contributed by atoms with Crippen LogP contribution in [0.15, 0.2) is 170 Å². The van der Waals surface area contributed by atoms with E-state index in [0.29, 0.717) is 0 Å². The van der Waals surface area contributed by atoms with E-state index in [1.165, 1.54) is 98.7 Å². The largest absolute Gasteiger partial charge is 0.256 e. The second-order valence-corrected chi connectivity index (χ2v) is 16.3. The monoisotopic (exact) mass is 728 g/mol. The summed E-state index contributed by atoms with van der Waals surface area (Å²) in [7, 11) is 0. The Morgan fingerprint density at radius 1 is 0.351 bits per heavy atom. The zero-order chi connectivity index (χ0) is 38.4. The maximum Gasteiger partial charge on any atom is 0.0714 e. The predicted molar refractivity (Wildman–Crippen MR) is 241 cm³/mol. The molecule has 10 aromatic rings. The molecule has 2 nitrogen and oxygen atoms in total. The molecule has 2 heterocycles. The highest BCUT2D eigenvalue weighted by atomic mass is 14.7. The van der Waals surface area contributed by atoms with Crippen molar-refractivity contribution in [2.45, 2.75) is 33.1 Å². The fourth-order valence-electron chi connectivity index (χ4n) is 9.71. The van der Waals surface area contributed by atoms with Crippen molar-refractivity contribution in [3.63, 3.8) is 0 Å². The smallest absolute Gasteiger partial charge is 0.0714 e. The fraction of sp³-hybridized carbons (Fsp3) is 0.0909. The standard InChI is InChI=1S/C55H40N2/c1-33-21-27-49(56-31-33)53-43-17-9-5-13-39(43)51(40-14-6-10-18-44(40)53)35-23-25-37-38-26-24-36(30-48(38)55(3,4)47(37)29-35)52-41-15-7-11-19-45(41)54(46-20-12-8-16-42(46)52)50-28-22-34(2)32-57-50/h5-32H,1-4H3. The molecule has 0 spiro atoms. The van der Waals surface area contributed by atoms with Gasteiger partial charge in [0.05, 0.1) is 11.4 Å². The quantitative estimate of drug-likeness (QED) is 0.169. The van der Waals surface area contributed by atoms with Gasteiger partial charge >= 0.3 is 0 Å². The van der Waals surface area contributed by atoms with Crippen LogP contribution < -0.4 is 0 Å². The molecule has 0 atom stereocenters. The van der Waals surface area contributed by atoms with Crippen LogP contribution in [0, 0.1) is 13.8 Å². The second kappa shape index (κ2) is 12.6. The Balaban J connectivity index is 1.09. The number of hydrogen-bond donors (Lipinski definition) is 0. The van der Waals surface area contributed by atoms with E-state index >= 15 is 0 Å². The van der Waals surface area contributed by atoms with Crippen LogP contribution in [0.25, 0.3) is 99.0 Å². The van der Waals surface area contributed by atoms with Crippen LogP contribution in [0.1, 0.15) is 36.1 Å². The number of fused-ring (bicyclic) bond motifs is 7. The average Bonchev–Trinajstić information content (AvgIpc) is 3.47. The molecular formula is C55H40N2. The van der Waals surface area contributed by atoms with Gasteiger partial charge in [-0.05, 0) is 137 Å². The molecule has 0 unspecified atom stereocenters. The Labute approximate surface area is 333 Å². The number of hydrogen-bond acceptors (Lipinski definition) is 2. The summed E-state index contributed by atoms with van der Waals surface area (Å²) < 4.78 is 0. The topological polar surface area (TPSA) is 25.8 Å². The lowest BCUT2D eigenvalue weighted by molar-refractivity contribution is 0.661. The molecule has 2 aromatic heterocycles. The molecule has 0 radical (unpaired) electrons. The molecule has 1 aliphatic carbocycles. The van der Waals surface area contributed by atoms with Gasteiger partial charge in [-0.15, -0.1) is 0 Å². The molecule has 270 valence electrons. The third-order valence-corrected chi connectivity index (χ3v) is 12.5. The molecule has 0 amide bonds. The van der Waals surface area contributed by atoms with Gasteiger partial charge in [0.15, 0.2) is 0 Å². The summed E-state index contributed by atoms with van der Waals surface area (Å²) in [5, 5.41) is 9.86. The van der Waals surface area contributed by atoms with E-state index in [0.717, 1.165) is 22.5 Å². The number of nitrogens with zero attached hydrogens (tertiary/aromatic N) is 2. The van der Waals surface area contributed by atoms with Crippen LogP contribution >= 0.6 is 0 Å². The SMILES string of the molecule is Cc1ccc(-c2c3ccccc3c(-c3ccc4c(c3)C(C)(C)c3cc(-c5c6ccccc6c(-c6ccc(C)cn6)c6ccccc56)ccc3-4)c3ccccc23)nc1. The normalized spacial score (nSPS) is 13.1. The highest BCUT2D eigenvalue weighted by molar-refractivity contribution is 6.22. The Hall–Kier alpha value is -6.90. The van der Waals surface area contributed by atoms with Gasteiger partial charge in [0, 0.05) is 28.9 Å². The molecule has 0 fully saturated rings. The van der Waals surface area contributed by atoms with Crippen molar-refractivity contribution in [2.75, 3.05) is 0 Å². The minimum absolute atomic E-state index is 0.217. The first-order valence-corrected chi connectivity index (χ1v) is 19.9. The summed E-state index contributed by atoms with van der Waals surface area (Å²) in [6.45, 7) is 8.98. The number of aryl methyl sites for hydroxylation is 2. The van der Waals surface area contributed by atoms with Crippen molar-refractivity contribution in [2.24, 2.45) is 0 Å². The summed E-state index contributed by atoms with van der Waals surface area (Å²) >= 11 is 0. The fourth-order valence-corrected chi connectivity index (χ4v) is 9.71. The zero-order valence-corrected chi connectivity index (χ0v) is 32.6. The maximum absolute atomic E-state index is 4.92. The van der Waals surface area contributed by atoms with E-state index in [-0.39, 0.29) is 5.41 Å². The molecule has 0 bridgehead atoms. The van der Waals surface area contributed by atoms with Crippen LogP contribution in [0.5, 0.6) is 0 Å². The third kappa shape index (κ3) is 5.03. The van der Waals surface area contributed by atoms with Crippen molar-refractivity contribution in [1.29, 1.82) is 0 Å². The van der Waals surface area contributed by atoms with Crippen molar-refractivity contribution in [3.05, 3.63) is 192 Å². The van der Waals surface area contributed by atoms with E-state index in [1.807, 2.05) is 12.4 Å². The third-order valence-electron chi connectivity index (χ3n) is 12.5. The van der Waals surface area contributed by atoms with Gasteiger partial charge in [0.1, 0.15) is 0 Å². The predicted octanol–water partition coefficient (Wildman–Crippen LogP) is 14.7. The van der Waals surface area contributed by atoms with Crippen LogP contribution in [0.3, 0.4) is 0 Å². The Bertz CT molecular complexity index is 2930. The van der Waals surface area contributed by atoms with E-state index in [9.17, 15) is 0 Å². The van der Waals surface area contributed by atoms with Crippen LogP contribution in [0.2, 0.25) is 0 Å². The van der Waals surface area contributed by atoms with Crippen LogP contribution in [-0.2, 0) is 5.41 Å². The van der Waals surface area contributed by atoms with Crippen molar-refractivity contribution >= 4 is 43.1 Å². The van der Waals surface area contributed by atoms with E-state index in [4.69, 9.17) is 9.97 Å². The first-order chi connectivity index (χ1) is 27.9. The molecule has 57 heavy (non-hydrogen) atoms. The lowest BCUT2D eigenvalue weighted by Crippen LogP contribution is -2.15. The molecule has 0 saturated heterocycles. The molecule has 0 saturated carbocycles. The summed E-state index contributed by atoms with van der Waals surface area (Å²) in [5.74, 6) is 0. The van der Waals surface area contributed by atoms with Gasteiger partial charge in [-0.2, -0.15) is 0 Å². The molecule has 8 aromatic carbocycles. The lowest BCUT2D eigenvalue weighted by Gasteiger charge is -2.24. The van der Waals surface area contributed by atoms with Gasteiger partial charge in [-0.25, -0.2) is 0 Å². The summed E-state index contributed by atoms with van der Waals surface area (Å²) in [4.78, 5) is 9.84. The van der Waals surface area contributed by atoms with Crippen molar-refractivity contribution < 1.29 is 0 Å². The first-order valence-electron chi connectivity index (χ1n) is 19.9. The second-order valence-electron chi connectivity index (χ2n) is 16.3. The minimum Gasteiger partial charge on any atom is -0.256 e. The summed E-state index contributed by atoms with van der Waals surface area (Å²) in [6.07, 6.45) is 3.95. The Morgan fingerprint density at radius 3 is 0.965 bits per heavy atom.